The highest BCUT2D eigenvalue weighted by Gasteiger charge is 2.19. The Morgan fingerprint density at radius 1 is 0.875 bits per heavy atom. The van der Waals surface area contributed by atoms with Crippen molar-refractivity contribution in [2.45, 2.75) is 36.0 Å². The van der Waals surface area contributed by atoms with Crippen molar-refractivity contribution in [2.24, 2.45) is 0 Å². The quantitative estimate of drug-likeness (QED) is 0.535. The summed E-state index contributed by atoms with van der Waals surface area (Å²) in [6.45, 7) is 1.54. The van der Waals surface area contributed by atoms with Crippen LogP contribution in [0.2, 0.25) is 0 Å². The third-order valence-electron chi connectivity index (χ3n) is 5.39. The first kappa shape index (κ1) is 22.2. The van der Waals surface area contributed by atoms with E-state index in [9.17, 15) is 16.8 Å². The highest BCUT2D eigenvalue weighted by molar-refractivity contribution is 7.91. The maximum atomic E-state index is 12.3. The molecule has 0 radical (unpaired) electrons. The molecule has 2 aromatic carbocycles. The molecule has 1 aromatic heterocycles. The standard InChI is InChI=1S/C22H24N4O4S2/c1-3-32(29,30)18-9-10-20(31(2,27)28)19(12-18)26-22-13-21(23-14-24-22)25-17-8-7-15-5-4-6-16(15)11-17/h7-14H,3-6H2,1-2H3,(H2,23,24,25,26). The molecule has 1 heterocycles. The van der Waals surface area contributed by atoms with Gasteiger partial charge < -0.3 is 10.6 Å². The number of aromatic nitrogens is 2. The van der Waals surface area contributed by atoms with Crippen molar-refractivity contribution in [3.8, 4) is 0 Å². The monoisotopic (exact) mass is 472 g/mol. The molecule has 32 heavy (non-hydrogen) atoms. The number of aryl methyl sites for hydroxylation is 2. The molecule has 0 amide bonds. The molecule has 1 aliphatic carbocycles. The van der Waals surface area contributed by atoms with Crippen LogP contribution in [0.1, 0.15) is 24.5 Å². The van der Waals surface area contributed by atoms with E-state index in [1.165, 1.54) is 42.6 Å². The van der Waals surface area contributed by atoms with Crippen LogP contribution in [0.25, 0.3) is 0 Å². The lowest BCUT2D eigenvalue weighted by Gasteiger charge is -2.13. The molecule has 0 aliphatic heterocycles. The van der Waals surface area contributed by atoms with Gasteiger partial charge in [-0.15, -0.1) is 0 Å². The summed E-state index contributed by atoms with van der Waals surface area (Å²) in [5.41, 5.74) is 3.75. The average Bonchev–Trinajstić information content (AvgIpc) is 3.21. The summed E-state index contributed by atoms with van der Waals surface area (Å²) >= 11 is 0. The van der Waals surface area contributed by atoms with Crippen LogP contribution < -0.4 is 10.6 Å². The fraction of sp³-hybridized carbons (Fsp3) is 0.273. The molecule has 2 N–H and O–H groups in total. The summed E-state index contributed by atoms with van der Waals surface area (Å²) < 4.78 is 49.1. The fourth-order valence-corrected chi connectivity index (χ4v) is 5.45. The zero-order chi connectivity index (χ0) is 22.9. The SMILES string of the molecule is CCS(=O)(=O)c1ccc(S(C)(=O)=O)c(Nc2cc(Nc3ccc4c(c3)CCC4)ncn2)c1. The molecule has 3 aromatic rings. The summed E-state index contributed by atoms with van der Waals surface area (Å²) in [6, 6.07) is 11.8. The number of sulfone groups is 2. The van der Waals surface area contributed by atoms with Crippen LogP contribution in [-0.4, -0.2) is 38.8 Å². The maximum Gasteiger partial charge on any atom is 0.178 e. The lowest BCUT2D eigenvalue weighted by molar-refractivity contribution is 0.595. The molecular weight excluding hydrogens is 448 g/mol. The van der Waals surface area contributed by atoms with Crippen molar-refractivity contribution in [2.75, 3.05) is 22.6 Å². The van der Waals surface area contributed by atoms with Crippen molar-refractivity contribution in [3.05, 3.63) is 59.9 Å². The second kappa shape index (κ2) is 8.51. The first-order chi connectivity index (χ1) is 15.2. The van der Waals surface area contributed by atoms with Gasteiger partial charge in [0.05, 0.1) is 21.2 Å². The van der Waals surface area contributed by atoms with E-state index in [2.05, 4.69) is 32.7 Å². The second-order valence-corrected chi connectivity index (χ2v) is 12.0. The molecule has 0 saturated heterocycles. The normalized spacial score (nSPS) is 13.6. The lowest BCUT2D eigenvalue weighted by atomic mass is 10.1. The van der Waals surface area contributed by atoms with Gasteiger partial charge >= 0.3 is 0 Å². The van der Waals surface area contributed by atoms with Gasteiger partial charge in [0.25, 0.3) is 0 Å². The largest absolute Gasteiger partial charge is 0.340 e. The molecule has 0 bridgehead atoms. The minimum Gasteiger partial charge on any atom is -0.340 e. The molecule has 1 aliphatic rings. The van der Waals surface area contributed by atoms with Gasteiger partial charge in [-0.2, -0.15) is 0 Å². The van der Waals surface area contributed by atoms with E-state index in [0.717, 1.165) is 31.2 Å². The van der Waals surface area contributed by atoms with E-state index in [-0.39, 0.29) is 21.2 Å². The molecule has 0 unspecified atom stereocenters. The van der Waals surface area contributed by atoms with Crippen LogP contribution in [0, 0.1) is 0 Å². The zero-order valence-electron chi connectivity index (χ0n) is 17.8. The maximum absolute atomic E-state index is 12.3. The number of rotatable bonds is 7. The molecule has 10 heteroatoms. The van der Waals surface area contributed by atoms with Gasteiger partial charge in [0, 0.05) is 18.0 Å². The van der Waals surface area contributed by atoms with Crippen LogP contribution in [0.15, 0.2) is 58.6 Å². The van der Waals surface area contributed by atoms with Crippen LogP contribution >= 0.6 is 0 Å². The Morgan fingerprint density at radius 2 is 1.59 bits per heavy atom. The average molecular weight is 473 g/mol. The van der Waals surface area contributed by atoms with Crippen molar-refractivity contribution >= 4 is 42.7 Å². The fourth-order valence-electron chi connectivity index (χ4n) is 3.72. The summed E-state index contributed by atoms with van der Waals surface area (Å²) in [6.07, 6.45) is 5.75. The van der Waals surface area contributed by atoms with Gasteiger partial charge in [-0.1, -0.05) is 13.0 Å². The van der Waals surface area contributed by atoms with Gasteiger partial charge in [0.1, 0.15) is 18.0 Å². The van der Waals surface area contributed by atoms with E-state index >= 15 is 0 Å². The predicted molar refractivity (Wildman–Crippen MR) is 124 cm³/mol. The number of anilines is 4. The molecular formula is C22H24N4O4S2. The third-order valence-corrected chi connectivity index (χ3v) is 8.28. The van der Waals surface area contributed by atoms with Gasteiger partial charge in [-0.05, 0) is 60.7 Å². The second-order valence-electron chi connectivity index (χ2n) is 7.71. The molecule has 4 rings (SSSR count). The van der Waals surface area contributed by atoms with E-state index in [1.807, 2.05) is 6.07 Å². The van der Waals surface area contributed by atoms with E-state index < -0.39 is 19.7 Å². The number of hydrogen-bond acceptors (Lipinski definition) is 8. The highest BCUT2D eigenvalue weighted by atomic mass is 32.2. The lowest BCUT2D eigenvalue weighted by Crippen LogP contribution is -2.08. The Morgan fingerprint density at radius 3 is 2.31 bits per heavy atom. The number of fused-ring (bicyclic) bond motifs is 1. The first-order valence-electron chi connectivity index (χ1n) is 10.2. The molecule has 8 nitrogen and oxygen atoms in total. The Balaban J connectivity index is 1.65. The Labute approximate surface area is 188 Å². The first-order valence-corrected chi connectivity index (χ1v) is 13.7. The van der Waals surface area contributed by atoms with Crippen molar-refractivity contribution in [1.82, 2.24) is 9.97 Å². The molecule has 0 atom stereocenters. The number of nitrogens with zero attached hydrogens (tertiary/aromatic N) is 2. The molecule has 0 fully saturated rings. The van der Waals surface area contributed by atoms with Crippen molar-refractivity contribution in [3.63, 3.8) is 0 Å². The van der Waals surface area contributed by atoms with Gasteiger partial charge in [-0.3, -0.25) is 0 Å². The smallest absolute Gasteiger partial charge is 0.178 e. The Bertz CT molecular complexity index is 1390. The van der Waals surface area contributed by atoms with Gasteiger partial charge in [-0.25, -0.2) is 26.8 Å². The topological polar surface area (TPSA) is 118 Å². The summed E-state index contributed by atoms with van der Waals surface area (Å²) in [4.78, 5) is 8.43. The van der Waals surface area contributed by atoms with E-state index in [4.69, 9.17) is 0 Å². The predicted octanol–water partition coefficient (Wildman–Crippen LogP) is 3.65. The van der Waals surface area contributed by atoms with Crippen molar-refractivity contribution < 1.29 is 16.8 Å². The third kappa shape index (κ3) is 4.76. The van der Waals surface area contributed by atoms with Gasteiger partial charge in [0.2, 0.25) is 0 Å². The number of hydrogen-bond donors (Lipinski definition) is 2. The molecule has 0 saturated carbocycles. The van der Waals surface area contributed by atoms with E-state index in [1.54, 1.807) is 6.07 Å². The summed E-state index contributed by atoms with van der Waals surface area (Å²) in [5, 5.41) is 6.19. The number of nitrogens with one attached hydrogen (secondary N) is 2. The Kier molecular flexibility index (Phi) is 5.91. The van der Waals surface area contributed by atoms with Crippen molar-refractivity contribution in [1.29, 1.82) is 0 Å². The number of benzene rings is 2. The minimum absolute atomic E-state index is 0.0145. The zero-order valence-corrected chi connectivity index (χ0v) is 19.4. The van der Waals surface area contributed by atoms with Crippen LogP contribution in [0.3, 0.4) is 0 Å². The molecule has 168 valence electrons. The molecule has 0 spiro atoms. The summed E-state index contributed by atoms with van der Waals surface area (Å²) in [5.74, 6) is 0.769. The van der Waals surface area contributed by atoms with Gasteiger partial charge in [0.15, 0.2) is 19.7 Å². The minimum atomic E-state index is -3.60. The van der Waals surface area contributed by atoms with Crippen LogP contribution in [0.4, 0.5) is 23.0 Å². The highest BCUT2D eigenvalue weighted by Crippen LogP contribution is 2.30. The van der Waals surface area contributed by atoms with E-state index in [0.29, 0.717) is 11.6 Å². The Hall–Kier alpha value is -2.98. The van der Waals surface area contributed by atoms with Crippen LogP contribution in [0.5, 0.6) is 0 Å². The summed E-state index contributed by atoms with van der Waals surface area (Å²) in [7, 11) is -7.11. The van der Waals surface area contributed by atoms with Crippen LogP contribution in [-0.2, 0) is 32.5 Å².